The fourth-order valence-corrected chi connectivity index (χ4v) is 1.52. The predicted molar refractivity (Wildman–Crippen MR) is 88.5 cm³/mol. The lowest BCUT2D eigenvalue weighted by molar-refractivity contribution is 0.136. The summed E-state index contributed by atoms with van der Waals surface area (Å²) in [5, 5.41) is 50.9. The van der Waals surface area contributed by atoms with Crippen LogP contribution in [0.4, 0.5) is 4.20 Å². The molecular formula is C12H32FN2O9P. The Bertz CT molecular complexity index is 245. The van der Waals surface area contributed by atoms with E-state index in [4.69, 9.17) is 45.0 Å². The van der Waals surface area contributed by atoms with Gasteiger partial charge in [0.2, 0.25) is 0 Å². The van der Waals surface area contributed by atoms with Crippen LogP contribution in [0.3, 0.4) is 0 Å². The van der Waals surface area contributed by atoms with Crippen LogP contribution < -0.4 is 0 Å². The molecule has 11 nitrogen and oxygen atoms in total. The Balaban J connectivity index is -0.000000308. The Kier molecular flexibility index (Phi) is 25.7. The molecule has 0 aliphatic heterocycles. The van der Waals surface area contributed by atoms with Gasteiger partial charge < -0.3 is 30.6 Å². The van der Waals surface area contributed by atoms with E-state index < -0.39 is 7.91 Å². The fourth-order valence-electron chi connectivity index (χ4n) is 1.52. The first-order valence-corrected chi connectivity index (χ1v) is 9.05. The quantitative estimate of drug-likeness (QED) is 0.153. The van der Waals surface area contributed by atoms with Gasteiger partial charge in [-0.25, -0.2) is 4.57 Å². The Morgan fingerprint density at radius 3 is 0.760 bits per heavy atom. The highest BCUT2D eigenvalue weighted by atomic mass is 31.2. The normalized spacial score (nSPS) is 11.0. The molecule has 0 rings (SSSR count). The van der Waals surface area contributed by atoms with Crippen LogP contribution in [0.2, 0.25) is 0 Å². The van der Waals surface area contributed by atoms with Gasteiger partial charge in [0.25, 0.3) is 0 Å². The highest BCUT2D eigenvalue weighted by molar-refractivity contribution is 7.45. The molecule has 0 aromatic rings. The molecule has 25 heavy (non-hydrogen) atoms. The van der Waals surface area contributed by atoms with E-state index in [0.717, 1.165) is 0 Å². The molecule has 0 spiro atoms. The monoisotopic (exact) mass is 398 g/mol. The van der Waals surface area contributed by atoms with Crippen molar-refractivity contribution < 1.29 is 49.2 Å². The molecular weight excluding hydrogens is 366 g/mol. The van der Waals surface area contributed by atoms with Gasteiger partial charge in [-0.05, 0) is 0 Å². The van der Waals surface area contributed by atoms with Crippen molar-refractivity contribution in [3.05, 3.63) is 0 Å². The van der Waals surface area contributed by atoms with Gasteiger partial charge in [-0.2, -0.15) is 0 Å². The van der Waals surface area contributed by atoms with Crippen molar-refractivity contribution in [2.45, 2.75) is 0 Å². The van der Waals surface area contributed by atoms with Gasteiger partial charge in [-0.3, -0.25) is 19.6 Å². The molecule has 0 heterocycles. The second-order valence-corrected chi connectivity index (χ2v) is 5.44. The van der Waals surface area contributed by atoms with Crippen LogP contribution in [0.25, 0.3) is 0 Å². The van der Waals surface area contributed by atoms with E-state index in [1.807, 2.05) is 0 Å². The average Bonchev–Trinajstić information content (AvgIpc) is 2.48. The van der Waals surface area contributed by atoms with E-state index in [1.165, 1.54) is 0 Å². The smallest absolute Gasteiger partial charge is 0.395 e. The zero-order valence-electron chi connectivity index (χ0n) is 14.2. The fraction of sp³-hybridized carbons (Fsp3) is 1.00. The maximum Gasteiger partial charge on any atom is 0.507 e. The van der Waals surface area contributed by atoms with E-state index in [-0.39, 0.29) is 39.6 Å². The van der Waals surface area contributed by atoms with Crippen LogP contribution in [-0.2, 0) is 4.57 Å². The van der Waals surface area contributed by atoms with Crippen LogP contribution in [0.1, 0.15) is 0 Å². The maximum absolute atomic E-state index is 10.4. The molecule has 0 aliphatic rings. The van der Waals surface area contributed by atoms with Crippen molar-refractivity contribution in [2.75, 3.05) is 78.9 Å². The summed E-state index contributed by atoms with van der Waals surface area (Å²) in [6.07, 6.45) is 0. The summed E-state index contributed by atoms with van der Waals surface area (Å²) in [5.41, 5.74) is 0. The predicted octanol–water partition coefficient (Wildman–Crippen LogP) is -3.42. The molecule has 0 unspecified atom stereocenters. The zero-order valence-corrected chi connectivity index (χ0v) is 15.1. The summed E-state index contributed by atoms with van der Waals surface area (Å²) in [7, 11) is -5.14. The molecule has 0 saturated heterocycles. The standard InChI is InChI=1S/2C6H15NO3.FH2O3P/c2*8-4-1-7(2-5-9)3-6-10;1-5(2,3)4/h2*8-10H,1-6H2;(H2,2,3,4). The molecule has 0 aromatic heterocycles. The van der Waals surface area contributed by atoms with Crippen LogP contribution in [0.15, 0.2) is 0 Å². The molecule has 0 aliphatic carbocycles. The average molecular weight is 398 g/mol. The van der Waals surface area contributed by atoms with Crippen molar-refractivity contribution >= 4 is 7.91 Å². The number of aliphatic hydroxyl groups is 6. The van der Waals surface area contributed by atoms with E-state index in [0.29, 0.717) is 39.3 Å². The SMILES string of the molecule is O=P(O)(O)F.OCCN(CCO)CCO.OCCN(CCO)CCO. The van der Waals surface area contributed by atoms with Crippen LogP contribution in [-0.4, -0.2) is 129 Å². The topological polar surface area (TPSA) is 185 Å². The summed E-state index contributed by atoms with van der Waals surface area (Å²) in [6, 6.07) is 0. The third-order valence-electron chi connectivity index (χ3n) is 2.50. The highest BCUT2D eigenvalue weighted by Crippen LogP contribution is 2.34. The molecule has 0 saturated carbocycles. The van der Waals surface area contributed by atoms with Crippen molar-refractivity contribution in [1.29, 1.82) is 0 Å². The van der Waals surface area contributed by atoms with E-state index in [1.54, 1.807) is 9.80 Å². The minimum Gasteiger partial charge on any atom is -0.395 e. The number of rotatable bonds is 12. The molecule has 0 bridgehead atoms. The van der Waals surface area contributed by atoms with E-state index in [9.17, 15) is 4.20 Å². The van der Waals surface area contributed by atoms with Crippen LogP contribution in [0.5, 0.6) is 0 Å². The molecule has 0 atom stereocenters. The van der Waals surface area contributed by atoms with Crippen molar-refractivity contribution in [1.82, 2.24) is 9.80 Å². The number of hydrogen-bond acceptors (Lipinski definition) is 9. The Hall–Kier alpha value is -0.240. The van der Waals surface area contributed by atoms with E-state index in [2.05, 4.69) is 0 Å². The van der Waals surface area contributed by atoms with Crippen molar-refractivity contribution in [2.24, 2.45) is 0 Å². The first-order chi connectivity index (χ1) is 11.7. The van der Waals surface area contributed by atoms with Crippen molar-refractivity contribution in [3.63, 3.8) is 0 Å². The highest BCUT2D eigenvalue weighted by Gasteiger charge is 2.04. The summed E-state index contributed by atoms with van der Waals surface area (Å²) in [5.74, 6) is 0. The lowest BCUT2D eigenvalue weighted by Crippen LogP contribution is -2.32. The number of aliphatic hydroxyl groups excluding tert-OH is 6. The second kappa shape index (κ2) is 21.8. The van der Waals surface area contributed by atoms with Crippen molar-refractivity contribution in [3.8, 4) is 0 Å². The zero-order chi connectivity index (χ0) is 20.1. The summed E-state index contributed by atoms with van der Waals surface area (Å²) < 4.78 is 19.0. The van der Waals surface area contributed by atoms with Gasteiger partial charge >= 0.3 is 7.91 Å². The first kappa shape index (κ1) is 29.5. The van der Waals surface area contributed by atoms with Gasteiger partial charge in [0.1, 0.15) is 0 Å². The molecule has 156 valence electrons. The minimum atomic E-state index is -5.14. The second-order valence-electron chi connectivity index (χ2n) is 4.50. The van der Waals surface area contributed by atoms with Gasteiger partial charge in [-0.15, -0.1) is 4.20 Å². The first-order valence-electron chi connectivity index (χ1n) is 7.55. The van der Waals surface area contributed by atoms with Gasteiger partial charge in [-0.1, -0.05) is 0 Å². The third kappa shape index (κ3) is 35.7. The van der Waals surface area contributed by atoms with Gasteiger partial charge in [0.15, 0.2) is 0 Å². The summed E-state index contributed by atoms with van der Waals surface area (Å²) in [6.45, 7) is 3.51. The minimum absolute atomic E-state index is 0.0694. The lowest BCUT2D eigenvalue weighted by atomic mass is 10.4. The van der Waals surface area contributed by atoms with Crippen LogP contribution in [0, 0.1) is 0 Å². The largest absolute Gasteiger partial charge is 0.507 e. The Labute approximate surface area is 146 Å². The number of nitrogens with zero attached hydrogens (tertiary/aromatic N) is 2. The molecule has 0 radical (unpaired) electrons. The number of hydrogen-bond donors (Lipinski definition) is 8. The number of halogens is 1. The molecule has 13 heteroatoms. The third-order valence-corrected chi connectivity index (χ3v) is 2.50. The van der Waals surface area contributed by atoms with E-state index >= 15 is 0 Å². The molecule has 0 aromatic carbocycles. The van der Waals surface area contributed by atoms with Gasteiger partial charge in [0, 0.05) is 39.3 Å². The van der Waals surface area contributed by atoms with Gasteiger partial charge in [0.05, 0.1) is 39.6 Å². The summed E-state index contributed by atoms with van der Waals surface area (Å²) in [4.78, 5) is 17.5. The molecule has 8 N–H and O–H groups in total. The maximum atomic E-state index is 10.4. The lowest BCUT2D eigenvalue weighted by Gasteiger charge is -2.17. The van der Waals surface area contributed by atoms with Crippen LogP contribution >= 0.6 is 7.91 Å². The Morgan fingerprint density at radius 1 is 0.560 bits per heavy atom. The summed E-state index contributed by atoms with van der Waals surface area (Å²) >= 11 is 0. The molecule has 0 fully saturated rings. The Morgan fingerprint density at radius 2 is 0.680 bits per heavy atom. The molecule has 0 amide bonds.